The molecule has 2 aromatic heterocycles. The number of Topliss-reactive ketones (excluding diaryl/α,β-unsaturated/α-hetero) is 1. The summed E-state index contributed by atoms with van der Waals surface area (Å²) in [5.41, 5.74) is 4.74. The fourth-order valence-electron chi connectivity index (χ4n) is 3.89. The predicted octanol–water partition coefficient (Wildman–Crippen LogP) is 3.93. The topological polar surface area (TPSA) is 127 Å². The fourth-order valence-corrected chi connectivity index (χ4v) is 3.89. The molecule has 1 aromatic carbocycles. The predicted molar refractivity (Wildman–Crippen MR) is 111 cm³/mol. The number of carbonyl (C=O) groups is 2. The minimum Gasteiger partial charge on any atom is -0.384 e. The molecule has 3 N–H and O–H groups in total. The zero-order valence-corrected chi connectivity index (χ0v) is 17.2. The minimum absolute atomic E-state index is 0.133. The van der Waals surface area contributed by atoms with E-state index in [2.05, 4.69) is 15.4 Å². The molecule has 1 unspecified atom stereocenters. The van der Waals surface area contributed by atoms with E-state index in [1.807, 2.05) is 0 Å². The van der Waals surface area contributed by atoms with E-state index in [9.17, 15) is 28.0 Å². The van der Waals surface area contributed by atoms with Crippen molar-refractivity contribution in [2.45, 2.75) is 31.5 Å². The number of carbonyl (C=O) groups excluding carboxylic acids is 2. The fraction of sp³-hybridized carbons (Fsp3) is 0.227. The molecule has 3 aromatic rings. The standard InChI is InChI=1S/C22H17F3N6O2/c1-11-6-15(12-2-4-16(22(23,24)25)14(7-12)8-26)20(32)19-17(10-29-31(11)19)30-21(33)13-3-5-18(27)28-9-13/h2-5,7,9-11,15H,6H2,1H3,(H2,27,28)(H,30,33)/t11-,15?/m0/s1. The lowest BCUT2D eigenvalue weighted by Crippen LogP contribution is -2.29. The normalized spacial score (nSPS) is 17.8. The summed E-state index contributed by atoms with van der Waals surface area (Å²) in [6.07, 6.45) is -1.76. The number of hydrogen-bond acceptors (Lipinski definition) is 6. The van der Waals surface area contributed by atoms with E-state index < -0.39 is 34.9 Å². The van der Waals surface area contributed by atoms with E-state index >= 15 is 0 Å². The summed E-state index contributed by atoms with van der Waals surface area (Å²) in [4.78, 5) is 29.8. The Bertz CT molecular complexity index is 1290. The molecule has 33 heavy (non-hydrogen) atoms. The summed E-state index contributed by atoms with van der Waals surface area (Å²) in [5.74, 6) is -1.50. The monoisotopic (exact) mass is 454 g/mol. The Morgan fingerprint density at radius 3 is 2.67 bits per heavy atom. The summed E-state index contributed by atoms with van der Waals surface area (Å²) >= 11 is 0. The lowest BCUT2D eigenvalue weighted by molar-refractivity contribution is -0.137. The molecule has 1 amide bonds. The van der Waals surface area contributed by atoms with Gasteiger partial charge in [-0.3, -0.25) is 14.3 Å². The lowest BCUT2D eigenvalue weighted by atomic mass is 9.83. The Hall–Kier alpha value is -4.20. The van der Waals surface area contributed by atoms with Crippen molar-refractivity contribution in [2.75, 3.05) is 11.1 Å². The first-order chi connectivity index (χ1) is 15.6. The van der Waals surface area contributed by atoms with Crippen molar-refractivity contribution in [1.82, 2.24) is 14.8 Å². The zero-order chi connectivity index (χ0) is 23.9. The van der Waals surface area contributed by atoms with Gasteiger partial charge in [0.05, 0.1) is 46.6 Å². The van der Waals surface area contributed by atoms with E-state index in [4.69, 9.17) is 5.73 Å². The van der Waals surface area contributed by atoms with Crippen LogP contribution in [0.5, 0.6) is 0 Å². The molecule has 11 heteroatoms. The first-order valence-electron chi connectivity index (χ1n) is 9.86. The summed E-state index contributed by atoms with van der Waals surface area (Å²) in [7, 11) is 0. The number of anilines is 2. The number of nitriles is 1. The van der Waals surface area contributed by atoms with Gasteiger partial charge in [-0.1, -0.05) is 6.07 Å². The second kappa shape index (κ2) is 8.05. The van der Waals surface area contributed by atoms with Crippen molar-refractivity contribution in [3.63, 3.8) is 0 Å². The van der Waals surface area contributed by atoms with Gasteiger partial charge < -0.3 is 11.1 Å². The number of ketones is 1. The van der Waals surface area contributed by atoms with Crippen LogP contribution in [0.3, 0.4) is 0 Å². The van der Waals surface area contributed by atoms with E-state index in [1.165, 1.54) is 35.3 Å². The number of rotatable bonds is 3. The molecule has 2 atom stereocenters. The second-order valence-electron chi connectivity index (χ2n) is 7.69. The van der Waals surface area contributed by atoms with Crippen molar-refractivity contribution in [2.24, 2.45) is 0 Å². The number of fused-ring (bicyclic) bond motifs is 1. The smallest absolute Gasteiger partial charge is 0.384 e. The first-order valence-corrected chi connectivity index (χ1v) is 9.86. The van der Waals surface area contributed by atoms with Crippen LogP contribution in [0.4, 0.5) is 24.7 Å². The Morgan fingerprint density at radius 1 is 1.27 bits per heavy atom. The van der Waals surface area contributed by atoms with Gasteiger partial charge in [0.2, 0.25) is 0 Å². The van der Waals surface area contributed by atoms with Crippen molar-refractivity contribution in [1.29, 1.82) is 5.26 Å². The van der Waals surface area contributed by atoms with Gasteiger partial charge in [0, 0.05) is 6.20 Å². The molecule has 0 spiro atoms. The van der Waals surface area contributed by atoms with Crippen molar-refractivity contribution in [3.05, 3.63) is 70.7 Å². The molecule has 4 rings (SSSR count). The number of halogens is 3. The van der Waals surface area contributed by atoms with Crippen LogP contribution in [0.1, 0.15) is 62.8 Å². The SMILES string of the molecule is C[C@H]1CC(c2ccc(C(F)(F)F)c(C#N)c2)C(=O)c2c(NC(=O)c3ccc(N)nc3)cnn21. The van der Waals surface area contributed by atoms with Gasteiger partial charge in [-0.25, -0.2) is 4.98 Å². The molecule has 0 radical (unpaired) electrons. The zero-order valence-electron chi connectivity index (χ0n) is 17.2. The molecule has 1 aliphatic heterocycles. The Balaban J connectivity index is 1.67. The van der Waals surface area contributed by atoms with Crippen molar-refractivity contribution < 1.29 is 22.8 Å². The highest BCUT2D eigenvalue weighted by Gasteiger charge is 2.38. The van der Waals surface area contributed by atoms with E-state index in [0.29, 0.717) is 5.56 Å². The van der Waals surface area contributed by atoms with Crippen LogP contribution < -0.4 is 11.1 Å². The van der Waals surface area contributed by atoms with E-state index in [0.717, 1.165) is 12.1 Å². The number of nitrogens with zero attached hydrogens (tertiary/aromatic N) is 4. The third-order valence-electron chi connectivity index (χ3n) is 5.51. The van der Waals surface area contributed by atoms with Crippen LogP contribution in [0.25, 0.3) is 0 Å². The molecule has 0 aliphatic carbocycles. The molecule has 0 saturated heterocycles. The van der Waals surface area contributed by atoms with Gasteiger partial charge in [0.15, 0.2) is 5.78 Å². The quantitative estimate of drug-likeness (QED) is 0.617. The Labute approximate surface area is 185 Å². The van der Waals surface area contributed by atoms with Crippen molar-refractivity contribution >= 4 is 23.2 Å². The van der Waals surface area contributed by atoms with E-state index in [1.54, 1.807) is 13.0 Å². The average Bonchev–Trinajstić information content (AvgIpc) is 3.20. The maximum atomic E-state index is 13.3. The number of nitrogens with one attached hydrogen (secondary N) is 1. The Kier molecular flexibility index (Phi) is 5.37. The lowest BCUT2D eigenvalue weighted by Gasteiger charge is -2.28. The third-order valence-corrected chi connectivity index (χ3v) is 5.51. The van der Waals surface area contributed by atoms with Gasteiger partial charge in [-0.05, 0) is 43.2 Å². The van der Waals surface area contributed by atoms with Gasteiger partial charge >= 0.3 is 6.18 Å². The molecule has 8 nitrogen and oxygen atoms in total. The summed E-state index contributed by atoms with van der Waals surface area (Å²) in [6.45, 7) is 1.81. The molecule has 3 heterocycles. The van der Waals surface area contributed by atoms with Crippen LogP contribution in [0, 0.1) is 11.3 Å². The van der Waals surface area contributed by atoms with Crippen LogP contribution in [-0.4, -0.2) is 26.5 Å². The molecule has 0 bridgehead atoms. The minimum atomic E-state index is -4.68. The van der Waals surface area contributed by atoms with Gasteiger partial charge in [-0.2, -0.15) is 23.5 Å². The highest BCUT2D eigenvalue weighted by molar-refractivity contribution is 6.10. The molecule has 1 aliphatic rings. The third kappa shape index (κ3) is 4.03. The van der Waals surface area contributed by atoms with Crippen LogP contribution in [0.2, 0.25) is 0 Å². The van der Waals surface area contributed by atoms with Crippen molar-refractivity contribution in [3.8, 4) is 6.07 Å². The highest BCUT2D eigenvalue weighted by Crippen LogP contribution is 2.40. The van der Waals surface area contributed by atoms with Gasteiger partial charge in [0.1, 0.15) is 11.5 Å². The van der Waals surface area contributed by atoms with Crippen LogP contribution in [-0.2, 0) is 6.18 Å². The number of amides is 1. The second-order valence-corrected chi connectivity index (χ2v) is 7.69. The molecule has 0 saturated carbocycles. The number of nitrogens with two attached hydrogens (primary N) is 1. The number of hydrogen-bond donors (Lipinski definition) is 2. The first kappa shape index (κ1) is 22.0. The average molecular weight is 454 g/mol. The molecular formula is C22H17F3N6O2. The maximum absolute atomic E-state index is 13.3. The number of nitrogen functional groups attached to an aromatic ring is 1. The molecule has 168 valence electrons. The van der Waals surface area contributed by atoms with Gasteiger partial charge in [-0.15, -0.1) is 0 Å². The largest absolute Gasteiger partial charge is 0.417 e. The number of alkyl halides is 3. The highest BCUT2D eigenvalue weighted by atomic mass is 19.4. The van der Waals surface area contributed by atoms with E-state index in [-0.39, 0.29) is 35.2 Å². The maximum Gasteiger partial charge on any atom is 0.417 e. The van der Waals surface area contributed by atoms with Crippen LogP contribution >= 0.6 is 0 Å². The Morgan fingerprint density at radius 2 is 2.03 bits per heavy atom. The number of aromatic nitrogens is 3. The molecule has 0 fully saturated rings. The summed E-state index contributed by atoms with van der Waals surface area (Å²) in [5, 5.41) is 16.0. The van der Waals surface area contributed by atoms with Crippen LogP contribution in [0.15, 0.2) is 42.7 Å². The summed E-state index contributed by atoms with van der Waals surface area (Å²) in [6, 6.07) is 7.35. The summed E-state index contributed by atoms with van der Waals surface area (Å²) < 4.78 is 41.0. The number of benzene rings is 1. The molecular weight excluding hydrogens is 437 g/mol. The van der Waals surface area contributed by atoms with Gasteiger partial charge in [0.25, 0.3) is 5.91 Å². The number of pyridine rings is 1.